The summed E-state index contributed by atoms with van der Waals surface area (Å²) in [5.74, 6) is -0.706. The Morgan fingerprint density at radius 1 is 1.10 bits per heavy atom. The van der Waals surface area contributed by atoms with Crippen LogP contribution in [0.4, 0.5) is 4.39 Å². The molecule has 0 N–H and O–H groups in total. The lowest BCUT2D eigenvalue weighted by atomic mass is 10.1. The Morgan fingerprint density at radius 2 is 1.95 bits per heavy atom. The molecule has 2 aromatic heterocycles. The third-order valence-electron chi connectivity index (χ3n) is 3.02. The van der Waals surface area contributed by atoms with Crippen LogP contribution in [0.25, 0.3) is 10.9 Å². The van der Waals surface area contributed by atoms with Crippen molar-refractivity contribution in [3.63, 3.8) is 0 Å². The quantitative estimate of drug-likeness (QED) is 0.684. The van der Waals surface area contributed by atoms with Gasteiger partial charge in [0.15, 0.2) is 5.78 Å². The van der Waals surface area contributed by atoms with Gasteiger partial charge in [-0.1, -0.05) is 24.3 Å². The third kappa shape index (κ3) is 2.54. The van der Waals surface area contributed by atoms with E-state index in [0.717, 1.165) is 17.1 Å². The van der Waals surface area contributed by atoms with E-state index in [4.69, 9.17) is 0 Å². The number of para-hydroxylation sites is 1. The number of ketones is 1. The molecule has 3 rings (SSSR count). The Bertz CT molecular complexity index is 786. The van der Waals surface area contributed by atoms with Gasteiger partial charge in [0.25, 0.3) is 0 Å². The van der Waals surface area contributed by atoms with E-state index in [1.165, 1.54) is 12.3 Å². The number of nitrogens with zero attached hydrogens (tertiary/aromatic N) is 2. The minimum absolute atomic E-state index is 0.135. The molecule has 0 saturated heterocycles. The monoisotopic (exact) mass is 266 g/mol. The number of carbonyl (C=O) groups is 1. The second kappa shape index (κ2) is 5.17. The Hall–Kier alpha value is -2.62. The fourth-order valence-electron chi connectivity index (χ4n) is 2.04. The molecule has 0 fully saturated rings. The van der Waals surface area contributed by atoms with Crippen LogP contribution < -0.4 is 0 Å². The smallest absolute Gasteiger partial charge is 0.170 e. The molecule has 3 aromatic rings. The first kappa shape index (κ1) is 12.4. The molecule has 1 aromatic carbocycles. The minimum Gasteiger partial charge on any atom is -0.294 e. The summed E-state index contributed by atoms with van der Waals surface area (Å²) in [6.45, 7) is 0. The van der Waals surface area contributed by atoms with Gasteiger partial charge in [0, 0.05) is 22.8 Å². The highest BCUT2D eigenvalue weighted by Crippen LogP contribution is 2.13. The lowest BCUT2D eigenvalue weighted by Gasteiger charge is -2.03. The average molecular weight is 266 g/mol. The molecule has 0 radical (unpaired) electrons. The van der Waals surface area contributed by atoms with Gasteiger partial charge in [0.1, 0.15) is 5.82 Å². The molecule has 0 aliphatic heterocycles. The number of fused-ring (bicyclic) bond motifs is 1. The van der Waals surface area contributed by atoms with Crippen LogP contribution >= 0.6 is 0 Å². The molecule has 0 aliphatic rings. The van der Waals surface area contributed by atoms with E-state index in [1.807, 2.05) is 36.4 Å². The Kier molecular flexibility index (Phi) is 3.21. The van der Waals surface area contributed by atoms with E-state index in [-0.39, 0.29) is 17.8 Å². The van der Waals surface area contributed by atoms with Crippen LogP contribution in [0.3, 0.4) is 0 Å². The van der Waals surface area contributed by atoms with Gasteiger partial charge in [0.05, 0.1) is 18.1 Å². The second-order valence-corrected chi connectivity index (χ2v) is 4.49. The summed E-state index contributed by atoms with van der Waals surface area (Å²) < 4.78 is 13.0. The van der Waals surface area contributed by atoms with E-state index in [1.54, 1.807) is 0 Å². The maximum absolute atomic E-state index is 13.0. The number of Topliss-reactive ketones (excluding diaryl/α,β-unsaturated/α-hetero) is 1. The van der Waals surface area contributed by atoms with Gasteiger partial charge in [-0.15, -0.1) is 0 Å². The molecule has 0 spiro atoms. The highest BCUT2D eigenvalue weighted by atomic mass is 19.1. The third-order valence-corrected chi connectivity index (χ3v) is 3.02. The van der Waals surface area contributed by atoms with Crippen molar-refractivity contribution in [2.75, 3.05) is 0 Å². The summed E-state index contributed by atoms with van der Waals surface area (Å²) in [7, 11) is 0. The first-order valence-electron chi connectivity index (χ1n) is 6.21. The number of hydrogen-bond acceptors (Lipinski definition) is 3. The Balaban J connectivity index is 1.87. The zero-order valence-corrected chi connectivity index (χ0v) is 10.6. The summed E-state index contributed by atoms with van der Waals surface area (Å²) >= 11 is 0. The summed E-state index contributed by atoms with van der Waals surface area (Å²) in [5, 5.41) is 1.02. The molecule has 20 heavy (non-hydrogen) atoms. The van der Waals surface area contributed by atoms with Gasteiger partial charge in [-0.05, 0) is 18.2 Å². The van der Waals surface area contributed by atoms with Gasteiger partial charge in [-0.25, -0.2) is 4.39 Å². The highest BCUT2D eigenvalue weighted by molar-refractivity contribution is 5.97. The number of benzene rings is 1. The molecule has 0 aliphatic carbocycles. The number of pyridine rings is 2. The molecule has 0 atom stereocenters. The maximum Gasteiger partial charge on any atom is 0.170 e. The standard InChI is InChI=1S/C16H11FN2O/c17-13-7-12(9-18-10-13)16(20)8-14-6-5-11-3-1-2-4-15(11)19-14/h1-7,9-10H,8H2. The van der Waals surface area contributed by atoms with Crippen molar-refractivity contribution in [1.82, 2.24) is 9.97 Å². The van der Waals surface area contributed by atoms with Crippen molar-refractivity contribution < 1.29 is 9.18 Å². The number of carbonyl (C=O) groups excluding carboxylic acids is 1. The van der Waals surface area contributed by atoms with Crippen LogP contribution in [0, 0.1) is 5.82 Å². The molecular weight excluding hydrogens is 255 g/mol. The number of aromatic nitrogens is 2. The topological polar surface area (TPSA) is 42.9 Å². The SMILES string of the molecule is O=C(Cc1ccc2ccccc2n1)c1cncc(F)c1. The molecule has 2 heterocycles. The molecule has 0 bridgehead atoms. The summed E-state index contributed by atoms with van der Waals surface area (Å²) in [5.41, 5.74) is 1.77. The Labute approximate surface area is 115 Å². The van der Waals surface area contributed by atoms with Crippen LogP contribution in [0.1, 0.15) is 16.1 Å². The van der Waals surface area contributed by atoms with Crippen molar-refractivity contribution in [2.45, 2.75) is 6.42 Å². The molecule has 4 heteroatoms. The van der Waals surface area contributed by atoms with Gasteiger partial charge in [0.2, 0.25) is 0 Å². The Morgan fingerprint density at radius 3 is 2.80 bits per heavy atom. The van der Waals surface area contributed by atoms with Crippen LogP contribution in [0.5, 0.6) is 0 Å². The summed E-state index contributed by atoms with van der Waals surface area (Å²) in [4.78, 5) is 20.2. The number of halogens is 1. The molecule has 0 saturated carbocycles. The fraction of sp³-hybridized carbons (Fsp3) is 0.0625. The van der Waals surface area contributed by atoms with E-state index in [2.05, 4.69) is 9.97 Å². The summed E-state index contributed by atoms with van der Waals surface area (Å²) in [6.07, 6.45) is 2.58. The van der Waals surface area contributed by atoms with Crippen LogP contribution in [-0.2, 0) is 6.42 Å². The molecule has 0 amide bonds. The molecule has 3 nitrogen and oxygen atoms in total. The lowest BCUT2D eigenvalue weighted by molar-refractivity contribution is 0.0991. The van der Waals surface area contributed by atoms with E-state index in [9.17, 15) is 9.18 Å². The second-order valence-electron chi connectivity index (χ2n) is 4.49. The lowest BCUT2D eigenvalue weighted by Crippen LogP contribution is -2.06. The van der Waals surface area contributed by atoms with Crippen LogP contribution in [-0.4, -0.2) is 15.8 Å². The van der Waals surface area contributed by atoms with Crippen LogP contribution in [0.15, 0.2) is 54.9 Å². The number of hydrogen-bond donors (Lipinski definition) is 0. The van der Waals surface area contributed by atoms with Crippen molar-refractivity contribution in [1.29, 1.82) is 0 Å². The van der Waals surface area contributed by atoms with Gasteiger partial charge >= 0.3 is 0 Å². The largest absolute Gasteiger partial charge is 0.294 e. The zero-order valence-electron chi connectivity index (χ0n) is 10.6. The van der Waals surface area contributed by atoms with Crippen LogP contribution in [0.2, 0.25) is 0 Å². The number of rotatable bonds is 3. The van der Waals surface area contributed by atoms with Crippen molar-refractivity contribution in [2.24, 2.45) is 0 Å². The van der Waals surface area contributed by atoms with E-state index >= 15 is 0 Å². The molecule has 98 valence electrons. The average Bonchev–Trinajstić information content (AvgIpc) is 2.47. The normalized spacial score (nSPS) is 10.7. The predicted molar refractivity (Wildman–Crippen MR) is 74.0 cm³/mol. The van der Waals surface area contributed by atoms with E-state index < -0.39 is 5.82 Å². The summed E-state index contributed by atoms with van der Waals surface area (Å²) in [6, 6.07) is 12.6. The predicted octanol–water partition coefficient (Wildman–Crippen LogP) is 3.19. The van der Waals surface area contributed by atoms with Crippen molar-refractivity contribution in [3.05, 3.63) is 71.9 Å². The first-order chi connectivity index (χ1) is 9.72. The molecular formula is C16H11FN2O. The molecule has 0 unspecified atom stereocenters. The van der Waals surface area contributed by atoms with Gasteiger partial charge in [-0.3, -0.25) is 14.8 Å². The highest BCUT2D eigenvalue weighted by Gasteiger charge is 2.09. The minimum atomic E-state index is -0.512. The van der Waals surface area contributed by atoms with Crippen molar-refractivity contribution >= 4 is 16.7 Å². The zero-order chi connectivity index (χ0) is 13.9. The maximum atomic E-state index is 13.0. The van der Waals surface area contributed by atoms with E-state index in [0.29, 0.717) is 5.69 Å². The first-order valence-corrected chi connectivity index (χ1v) is 6.21. The fourth-order valence-corrected chi connectivity index (χ4v) is 2.04. The van der Waals surface area contributed by atoms with Crippen molar-refractivity contribution in [3.8, 4) is 0 Å². The van der Waals surface area contributed by atoms with Gasteiger partial charge < -0.3 is 0 Å². The van der Waals surface area contributed by atoms with Gasteiger partial charge in [-0.2, -0.15) is 0 Å².